The van der Waals surface area contributed by atoms with Crippen molar-refractivity contribution >= 4 is 16.6 Å². The summed E-state index contributed by atoms with van der Waals surface area (Å²) in [5.74, 6) is 0. The minimum atomic E-state index is 0.766. The van der Waals surface area contributed by atoms with Gasteiger partial charge in [0.1, 0.15) is 0 Å². The summed E-state index contributed by atoms with van der Waals surface area (Å²) in [6.07, 6.45) is 6.93. The van der Waals surface area contributed by atoms with Gasteiger partial charge in [0.05, 0.1) is 23.6 Å². The van der Waals surface area contributed by atoms with Crippen LogP contribution in [-0.2, 0) is 13.1 Å². The van der Waals surface area contributed by atoms with E-state index in [-0.39, 0.29) is 0 Å². The Kier molecular flexibility index (Phi) is 3.18. The van der Waals surface area contributed by atoms with Gasteiger partial charge >= 0.3 is 0 Å². The first-order chi connectivity index (χ1) is 9.36. The van der Waals surface area contributed by atoms with E-state index in [2.05, 4.69) is 39.8 Å². The minimum absolute atomic E-state index is 0.766. The third-order valence-corrected chi connectivity index (χ3v) is 3.10. The zero-order valence-electron chi connectivity index (χ0n) is 10.9. The molecule has 0 amide bonds. The number of nitrogens with zero attached hydrogens (tertiary/aromatic N) is 3. The first kappa shape index (κ1) is 11.8. The molecule has 0 aliphatic carbocycles. The Morgan fingerprint density at radius 2 is 2.26 bits per heavy atom. The van der Waals surface area contributed by atoms with Gasteiger partial charge in [-0.3, -0.25) is 9.78 Å². The molecule has 5 heteroatoms. The van der Waals surface area contributed by atoms with Crippen molar-refractivity contribution in [2.75, 3.05) is 5.32 Å². The smallest absolute Gasteiger partial charge is 0.0881 e. The first-order valence-electron chi connectivity index (χ1n) is 6.54. The van der Waals surface area contributed by atoms with Gasteiger partial charge in [-0.05, 0) is 12.5 Å². The summed E-state index contributed by atoms with van der Waals surface area (Å²) in [5.41, 5.74) is 3.30. The average molecular weight is 255 g/mol. The van der Waals surface area contributed by atoms with Crippen molar-refractivity contribution in [2.24, 2.45) is 0 Å². The summed E-state index contributed by atoms with van der Waals surface area (Å²) in [4.78, 5) is 0. The molecule has 0 aliphatic rings. The normalized spacial score (nSPS) is 11.0. The molecule has 0 saturated carbocycles. The molecule has 0 fully saturated rings. The molecule has 0 aliphatic heterocycles. The minimum Gasteiger partial charge on any atom is -0.379 e. The topological polar surface area (TPSA) is 58.5 Å². The van der Waals surface area contributed by atoms with Crippen LogP contribution in [0.15, 0.2) is 36.8 Å². The van der Waals surface area contributed by atoms with E-state index in [1.54, 1.807) is 0 Å². The lowest BCUT2D eigenvalue weighted by molar-refractivity contribution is 0.602. The summed E-state index contributed by atoms with van der Waals surface area (Å²) in [5, 5.41) is 15.9. The molecule has 19 heavy (non-hydrogen) atoms. The van der Waals surface area contributed by atoms with Crippen LogP contribution in [0.4, 0.5) is 5.69 Å². The van der Waals surface area contributed by atoms with E-state index in [4.69, 9.17) is 0 Å². The second kappa shape index (κ2) is 5.14. The van der Waals surface area contributed by atoms with Crippen LogP contribution >= 0.6 is 0 Å². The monoisotopic (exact) mass is 255 g/mol. The number of aryl methyl sites for hydroxylation is 1. The van der Waals surface area contributed by atoms with Crippen LogP contribution in [0, 0.1) is 0 Å². The fourth-order valence-electron chi connectivity index (χ4n) is 2.16. The summed E-state index contributed by atoms with van der Waals surface area (Å²) >= 11 is 0. The number of nitrogens with one attached hydrogen (secondary N) is 2. The van der Waals surface area contributed by atoms with Gasteiger partial charge in [0, 0.05) is 30.2 Å². The fraction of sp³-hybridized carbons (Fsp3) is 0.286. The second-order valence-electron chi connectivity index (χ2n) is 4.61. The zero-order chi connectivity index (χ0) is 13.1. The Bertz CT molecular complexity index is 667. The summed E-state index contributed by atoms with van der Waals surface area (Å²) < 4.78 is 1.98. The molecule has 2 N–H and O–H groups in total. The number of H-pyrrole nitrogens is 1. The van der Waals surface area contributed by atoms with Crippen LogP contribution in [0.5, 0.6) is 0 Å². The summed E-state index contributed by atoms with van der Waals surface area (Å²) in [6.45, 7) is 3.89. The van der Waals surface area contributed by atoms with Gasteiger partial charge in [0.2, 0.25) is 0 Å². The summed E-state index contributed by atoms with van der Waals surface area (Å²) in [7, 11) is 0. The first-order valence-corrected chi connectivity index (χ1v) is 6.54. The maximum Gasteiger partial charge on any atom is 0.0881 e. The number of aromatic amines is 1. The molecule has 98 valence electrons. The Morgan fingerprint density at radius 3 is 3.16 bits per heavy atom. The zero-order valence-corrected chi connectivity index (χ0v) is 10.9. The largest absolute Gasteiger partial charge is 0.379 e. The van der Waals surface area contributed by atoms with Crippen molar-refractivity contribution in [3.05, 3.63) is 42.4 Å². The molecule has 0 radical (unpaired) electrons. The van der Waals surface area contributed by atoms with Crippen LogP contribution in [0.3, 0.4) is 0 Å². The molecule has 0 bridgehead atoms. The van der Waals surface area contributed by atoms with E-state index in [1.165, 1.54) is 5.56 Å². The molecular formula is C14H17N5. The van der Waals surface area contributed by atoms with E-state index in [9.17, 15) is 0 Å². The third-order valence-electron chi connectivity index (χ3n) is 3.10. The van der Waals surface area contributed by atoms with Crippen LogP contribution in [0.25, 0.3) is 10.9 Å². The number of hydrogen-bond acceptors (Lipinski definition) is 3. The highest BCUT2D eigenvalue weighted by Gasteiger charge is 2.03. The lowest BCUT2D eigenvalue weighted by Gasteiger charge is -2.05. The SMILES string of the molecule is CCCn1cc(CNc2cccc3cn[nH]c23)cn1. The van der Waals surface area contributed by atoms with Crippen LogP contribution in [0.1, 0.15) is 18.9 Å². The van der Waals surface area contributed by atoms with Crippen LogP contribution in [0.2, 0.25) is 0 Å². The van der Waals surface area contributed by atoms with Gasteiger partial charge in [-0.2, -0.15) is 10.2 Å². The quantitative estimate of drug-likeness (QED) is 0.737. The van der Waals surface area contributed by atoms with E-state index < -0.39 is 0 Å². The number of aromatic nitrogens is 4. The van der Waals surface area contributed by atoms with Gasteiger partial charge in [0.15, 0.2) is 0 Å². The van der Waals surface area contributed by atoms with Crippen molar-refractivity contribution < 1.29 is 0 Å². The highest BCUT2D eigenvalue weighted by atomic mass is 15.3. The maximum absolute atomic E-state index is 4.33. The molecule has 0 unspecified atom stereocenters. The van der Waals surface area contributed by atoms with E-state index in [1.807, 2.05) is 29.2 Å². The lowest BCUT2D eigenvalue weighted by Crippen LogP contribution is -1.99. The Balaban J connectivity index is 1.73. The maximum atomic E-state index is 4.33. The molecule has 2 heterocycles. The fourth-order valence-corrected chi connectivity index (χ4v) is 2.16. The third kappa shape index (κ3) is 2.45. The van der Waals surface area contributed by atoms with E-state index in [0.717, 1.165) is 36.1 Å². The van der Waals surface area contributed by atoms with Crippen molar-refractivity contribution in [3.63, 3.8) is 0 Å². The van der Waals surface area contributed by atoms with Gasteiger partial charge in [-0.25, -0.2) is 0 Å². The van der Waals surface area contributed by atoms with Crippen molar-refractivity contribution in [3.8, 4) is 0 Å². The molecule has 3 aromatic rings. The Hall–Kier alpha value is -2.30. The number of para-hydroxylation sites is 1. The molecule has 0 atom stereocenters. The summed E-state index contributed by atoms with van der Waals surface area (Å²) in [6, 6.07) is 6.13. The van der Waals surface area contributed by atoms with Crippen LogP contribution in [-0.4, -0.2) is 20.0 Å². The lowest BCUT2D eigenvalue weighted by atomic mass is 10.2. The predicted molar refractivity (Wildman–Crippen MR) is 75.9 cm³/mol. The average Bonchev–Trinajstić information content (AvgIpc) is 3.05. The highest BCUT2D eigenvalue weighted by Crippen LogP contribution is 2.20. The predicted octanol–water partition coefficient (Wildman–Crippen LogP) is 2.78. The number of anilines is 1. The second-order valence-corrected chi connectivity index (χ2v) is 4.61. The number of rotatable bonds is 5. The van der Waals surface area contributed by atoms with E-state index >= 15 is 0 Å². The molecule has 2 aromatic heterocycles. The van der Waals surface area contributed by atoms with Crippen molar-refractivity contribution in [1.29, 1.82) is 0 Å². The van der Waals surface area contributed by atoms with E-state index in [0.29, 0.717) is 0 Å². The standard InChI is InChI=1S/C14H17N5/c1-2-6-19-10-11(8-17-19)7-15-13-5-3-4-12-9-16-18-14(12)13/h3-5,8-10,15H,2,6-7H2,1H3,(H,16,18). The molecule has 5 nitrogen and oxygen atoms in total. The Morgan fingerprint density at radius 1 is 1.32 bits per heavy atom. The van der Waals surface area contributed by atoms with Crippen LogP contribution < -0.4 is 5.32 Å². The Labute approximate surface area is 111 Å². The van der Waals surface area contributed by atoms with Crippen molar-refractivity contribution in [2.45, 2.75) is 26.4 Å². The van der Waals surface area contributed by atoms with Gasteiger partial charge < -0.3 is 5.32 Å². The molecule has 0 spiro atoms. The number of fused-ring (bicyclic) bond motifs is 1. The molecule has 3 rings (SSSR count). The van der Waals surface area contributed by atoms with Gasteiger partial charge in [0.25, 0.3) is 0 Å². The molecular weight excluding hydrogens is 238 g/mol. The highest BCUT2D eigenvalue weighted by molar-refractivity contribution is 5.89. The molecule has 0 saturated heterocycles. The van der Waals surface area contributed by atoms with Gasteiger partial charge in [-0.1, -0.05) is 19.1 Å². The van der Waals surface area contributed by atoms with Crippen molar-refractivity contribution in [1.82, 2.24) is 20.0 Å². The number of hydrogen-bond donors (Lipinski definition) is 2. The number of benzene rings is 1. The molecule has 1 aromatic carbocycles. The van der Waals surface area contributed by atoms with Gasteiger partial charge in [-0.15, -0.1) is 0 Å².